The number of hydrogen-bond donors (Lipinski definition) is 1. The van der Waals surface area contributed by atoms with E-state index in [1.165, 1.54) is 4.31 Å². The van der Waals surface area contributed by atoms with E-state index in [0.29, 0.717) is 37.0 Å². The molecule has 1 aromatic carbocycles. The molecule has 2 aromatic rings. The lowest BCUT2D eigenvalue weighted by atomic mass is 10.2. The van der Waals surface area contributed by atoms with Crippen molar-refractivity contribution in [3.63, 3.8) is 0 Å². The van der Waals surface area contributed by atoms with Crippen LogP contribution in [-0.2, 0) is 14.8 Å². The third-order valence-electron chi connectivity index (χ3n) is 5.07. The molecule has 0 radical (unpaired) electrons. The second kappa shape index (κ2) is 10.3. The summed E-state index contributed by atoms with van der Waals surface area (Å²) in [5.74, 6) is 0.876. The van der Waals surface area contributed by atoms with Gasteiger partial charge < -0.3 is 15.0 Å². The third kappa shape index (κ3) is 6.32. The van der Waals surface area contributed by atoms with E-state index in [2.05, 4.69) is 15.2 Å². The average Bonchev–Trinajstić information content (AvgIpc) is 2.76. The smallest absolute Gasteiger partial charge is 0.260 e. The van der Waals surface area contributed by atoms with Crippen LogP contribution in [0.15, 0.2) is 42.6 Å². The van der Waals surface area contributed by atoms with Crippen LogP contribution in [0.5, 0.6) is 5.75 Å². The molecule has 0 saturated carbocycles. The van der Waals surface area contributed by atoms with Gasteiger partial charge in [-0.15, -0.1) is 0 Å². The van der Waals surface area contributed by atoms with Gasteiger partial charge >= 0.3 is 0 Å². The van der Waals surface area contributed by atoms with Crippen molar-refractivity contribution in [1.29, 1.82) is 0 Å². The number of piperazine rings is 1. The Morgan fingerprint density at radius 2 is 1.97 bits per heavy atom. The molecular formula is C21H27ClN4O4S. The highest BCUT2D eigenvalue weighted by molar-refractivity contribution is 7.89. The van der Waals surface area contributed by atoms with Crippen LogP contribution >= 0.6 is 11.6 Å². The van der Waals surface area contributed by atoms with Crippen molar-refractivity contribution < 1.29 is 17.9 Å². The number of carbonyl (C=O) groups is 1. The van der Waals surface area contributed by atoms with Crippen molar-refractivity contribution in [1.82, 2.24) is 14.6 Å². The fourth-order valence-electron chi connectivity index (χ4n) is 3.30. The van der Waals surface area contributed by atoms with Gasteiger partial charge in [0, 0.05) is 43.9 Å². The second-order valence-corrected chi connectivity index (χ2v) is 9.88. The molecule has 31 heavy (non-hydrogen) atoms. The summed E-state index contributed by atoms with van der Waals surface area (Å²) in [6.45, 7) is 5.42. The fourth-order valence-corrected chi connectivity index (χ4v) is 4.87. The molecule has 1 aromatic heterocycles. The van der Waals surface area contributed by atoms with Gasteiger partial charge in [-0.1, -0.05) is 17.7 Å². The summed E-state index contributed by atoms with van der Waals surface area (Å²) in [5, 5.41) is 3.24. The SMILES string of the molecule is Cc1cc(Cl)ccc1OC(C)C(=O)NCCS(=O)(=O)N1CCN(c2ccccn2)CC1. The number of hydrogen-bond acceptors (Lipinski definition) is 6. The molecule has 10 heteroatoms. The zero-order chi connectivity index (χ0) is 22.4. The minimum Gasteiger partial charge on any atom is -0.481 e. The zero-order valence-corrected chi connectivity index (χ0v) is 19.2. The van der Waals surface area contributed by atoms with E-state index < -0.39 is 16.1 Å². The Morgan fingerprint density at radius 1 is 1.23 bits per heavy atom. The monoisotopic (exact) mass is 466 g/mol. The van der Waals surface area contributed by atoms with E-state index in [9.17, 15) is 13.2 Å². The number of aromatic nitrogens is 1. The highest BCUT2D eigenvalue weighted by Crippen LogP contribution is 2.22. The number of halogens is 1. The number of carbonyl (C=O) groups excluding carboxylic acids is 1. The molecule has 2 heterocycles. The maximum absolute atomic E-state index is 12.6. The first-order valence-electron chi connectivity index (χ1n) is 10.1. The van der Waals surface area contributed by atoms with Crippen LogP contribution in [0.4, 0.5) is 5.82 Å². The molecule has 8 nitrogen and oxygen atoms in total. The van der Waals surface area contributed by atoms with Gasteiger partial charge in [0.2, 0.25) is 10.0 Å². The van der Waals surface area contributed by atoms with Gasteiger partial charge in [-0.2, -0.15) is 4.31 Å². The molecule has 1 fully saturated rings. The largest absolute Gasteiger partial charge is 0.481 e. The summed E-state index contributed by atoms with van der Waals surface area (Å²) in [5.41, 5.74) is 0.819. The number of rotatable bonds is 8. The standard InChI is InChI=1S/C21H27ClN4O4S/c1-16-15-18(22)6-7-19(16)30-17(2)21(27)24-9-14-31(28,29)26-12-10-25(11-13-26)20-5-3-4-8-23-20/h3-8,15,17H,9-14H2,1-2H3,(H,24,27). The number of amides is 1. The summed E-state index contributed by atoms with van der Waals surface area (Å²) < 4.78 is 32.4. The first-order chi connectivity index (χ1) is 14.8. The van der Waals surface area contributed by atoms with E-state index in [-0.39, 0.29) is 18.2 Å². The Balaban J connectivity index is 1.44. The van der Waals surface area contributed by atoms with E-state index >= 15 is 0 Å². The minimum absolute atomic E-state index is 0.0227. The quantitative estimate of drug-likeness (QED) is 0.640. The van der Waals surface area contributed by atoms with Crippen molar-refractivity contribution in [2.75, 3.05) is 43.4 Å². The number of benzene rings is 1. The van der Waals surface area contributed by atoms with Crippen LogP contribution in [0.1, 0.15) is 12.5 Å². The van der Waals surface area contributed by atoms with Gasteiger partial charge in [-0.05, 0) is 49.7 Å². The van der Waals surface area contributed by atoms with Gasteiger partial charge in [0.15, 0.2) is 6.10 Å². The van der Waals surface area contributed by atoms with E-state index in [0.717, 1.165) is 11.4 Å². The molecule has 0 bridgehead atoms. The van der Waals surface area contributed by atoms with E-state index in [4.69, 9.17) is 16.3 Å². The Labute approximate surface area is 188 Å². The van der Waals surface area contributed by atoms with E-state index in [1.54, 1.807) is 31.3 Å². The van der Waals surface area contributed by atoms with Crippen LogP contribution in [0, 0.1) is 6.92 Å². The molecule has 0 spiro atoms. The van der Waals surface area contributed by atoms with Gasteiger partial charge in [0.1, 0.15) is 11.6 Å². The summed E-state index contributed by atoms with van der Waals surface area (Å²) in [4.78, 5) is 18.7. The number of sulfonamides is 1. The minimum atomic E-state index is -3.46. The predicted molar refractivity (Wildman–Crippen MR) is 121 cm³/mol. The molecule has 168 valence electrons. The number of pyridine rings is 1. The maximum atomic E-state index is 12.6. The third-order valence-corrected chi connectivity index (χ3v) is 7.18. The first kappa shape index (κ1) is 23.3. The Kier molecular flexibility index (Phi) is 7.74. The van der Waals surface area contributed by atoms with Crippen molar-refractivity contribution >= 4 is 33.3 Å². The molecule has 0 aliphatic carbocycles. The molecular weight excluding hydrogens is 440 g/mol. The maximum Gasteiger partial charge on any atom is 0.260 e. The van der Waals surface area contributed by atoms with Gasteiger partial charge in [-0.3, -0.25) is 4.79 Å². The number of anilines is 1. The topological polar surface area (TPSA) is 91.8 Å². The molecule has 1 saturated heterocycles. The van der Waals surface area contributed by atoms with Crippen LogP contribution in [-0.4, -0.2) is 68.2 Å². The summed E-state index contributed by atoms with van der Waals surface area (Å²) in [6, 6.07) is 10.8. The molecule has 1 atom stereocenters. The normalized spacial score (nSPS) is 16.0. The average molecular weight is 467 g/mol. The van der Waals surface area contributed by atoms with Gasteiger partial charge in [0.25, 0.3) is 5.91 Å². The van der Waals surface area contributed by atoms with Gasteiger partial charge in [-0.25, -0.2) is 13.4 Å². The van der Waals surface area contributed by atoms with Crippen molar-refractivity contribution in [3.8, 4) is 5.75 Å². The lowest BCUT2D eigenvalue weighted by molar-refractivity contribution is -0.127. The van der Waals surface area contributed by atoms with Crippen LogP contribution in [0.3, 0.4) is 0 Å². The molecule has 3 rings (SSSR count). The lowest BCUT2D eigenvalue weighted by Gasteiger charge is -2.34. The van der Waals surface area contributed by atoms with Crippen LogP contribution in [0.25, 0.3) is 0 Å². The number of aryl methyl sites for hydroxylation is 1. The molecule has 1 amide bonds. The summed E-state index contributed by atoms with van der Waals surface area (Å²) in [6.07, 6.45) is 0.963. The lowest BCUT2D eigenvalue weighted by Crippen LogP contribution is -2.50. The molecule has 1 aliphatic heterocycles. The zero-order valence-electron chi connectivity index (χ0n) is 17.6. The first-order valence-corrected chi connectivity index (χ1v) is 12.1. The summed E-state index contributed by atoms with van der Waals surface area (Å²) in [7, 11) is -3.46. The van der Waals surface area contributed by atoms with Crippen molar-refractivity contribution in [2.24, 2.45) is 0 Å². The highest BCUT2D eigenvalue weighted by Gasteiger charge is 2.27. The van der Waals surface area contributed by atoms with Gasteiger partial charge in [0.05, 0.1) is 5.75 Å². The Morgan fingerprint density at radius 3 is 2.61 bits per heavy atom. The number of nitrogens with one attached hydrogen (secondary N) is 1. The predicted octanol–water partition coefficient (Wildman–Crippen LogP) is 2.08. The highest BCUT2D eigenvalue weighted by atomic mass is 35.5. The number of nitrogens with zero attached hydrogens (tertiary/aromatic N) is 3. The van der Waals surface area contributed by atoms with E-state index in [1.807, 2.05) is 25.1 Å². The van der Waals surface area contributed by atoms with Crippen molar-refractivity contribution in [2.45, 2.75) is 20.0 Å². The Bertz CT molecular complexity index is 996. The molecule has 1 aliphatic rings. The Hall–Kier alpha value is -2.36. The van der Waals surface area contributed by atoms with Crippen LogP contribution < -0.4 is 15.0 Å². The second-order valence-electron chi connectivity index (χ2n) is 7.35. The fraction of sp³-hybridized carbons (Fsp3) is 0.429. The summed E-state index contributed by atoms with van der Waals surface area (Å²) >= 11 is 5.93. The number of ether oxygens (including phenoxy) is 1. The molecule has 1 N–H and O–H groups in total. The molecule has 1 unspecified atom stereocenters. The van der Waals surface area contributed by atoms with Crippen LogP contribution in [0.2, 0.25) is 5.02 Å². The van der Waals surface area contributed by atoms with Crippen molar-refractivity contribution in [3.05, 3.63) is 53.2 Å².